The van der Waals surface area contributed by atoms with Gasteiger partial charge in [0, 0.05) is 0 Å². The number of benzene rings is 1. The molecule has 0 unspecified atom stereocenters. The topological polar surface area (TPSA) is 9.23 Å². The monoisotopic (exact) mass is 300 g/mol. The molecule has 0 radical (unpaired) electrons. The second kappa shape index (κ2) is 4.65. The quantitative estimate of drug-likeness (QED) is 0.620. The van der Waals surface area contributed by atoms with Gasteiger partial charge in [0.2, 0.25) is 0 Å². The zero-order valence-electron chi connectivity index (χ0n) is 7.38. The van der Waals surface area contributed by atoms with Crippen LogP contribution in [0.1, 0.15) is 0 Å². The second-order valence-corrected chi connectivity index (χ2v) is 23.7. The van der Waals surface area contributed by atoms with Gasteiger partial charge in [-0.25, -0.2) is 0 Å². The maximum absolute atomic E-state index is 5.12. The molecule has 14 heavy (non-hydrogen) atoms. The fraction of sp³-hybridized carbons (Fsp3) is 0.143. The van der Waals surface area contributed by atoms with Gasteiger partial charge in [0.25, 0.3) is 0 Å². The summed E-state index contributed by atoms with van der Waals surface area (Å²) in [6.07, 6.45) is 0. The average Bonchev–Trinajstić information content (AvgIpc) is 2.16. The molecule has 0 aliphatic carbocycles. The van der Waals surface area contributed by atoms with Crippen LogP contribution in [0.25, 0.3) is 0 Å². The van der Waals surface area contributed by atoms with Gasteiger partial charge in [-0.2, -0.15) is 0 Å². The molecule has 7 heteroatoms. The van der Waals surface area contributed by atoms with Crippen LogP contribution in [-0.4, -0.2) is 7.11 Å². The average molecular weight is 300 g/mol. The van der Waals surface area contributed by atoms with Crippen molar-refractivity contribution in [3.05, 3.63) is 24.3 Å². The van der Waals surface area contributed by atoms with Crippen molar-refractivity contribution in [1.29, 1.82) is 0 Å². The zero-order valence-corrected chi connectivity index (χ0v) is 12.7. The predicted octanol–water partition coefficient (Wildman–Crippen LogP) is 4.38. The van der Waals surface area contributed by atoms with E-state index in [0.29, 0.717) is 0 Å². The predicted molar refractivity (Wildman–Crippen MR) is 81.0 cm³/mol. The van der Waals surface area contributed by atoms with Crippen molar-refractivity contribution in [3.63, 3.8) is 0 Å². The number of rotatable bonds is 2. The Morgan fingerprint density at radius 2 is 1.86 bits per heavy atom. The van der Waals surface area contributed by atoms with E-state index < -0.39 is 4.87 Å². The van der Waals surface area contributed by atoms with E-state index in [1.165, 1.54) is 5.30 Å². The van der Waals surface area contributed by atoms with E-state index in [9.17, 15) is 0 Å². The molecule has 1 fully saturated rings. The van der Waals surface area contributed by atoms with Crippen LogP contribution < -0.4 is 10.0 Å². The molecule has 0 bridgehead atoms. The standard InChI is InChI=1S/C7H10OP2S4/c1-8-6-2-4-7(5-3-6)10(12)13-9(11)14-10/h2-5,10-12H,1H3. The van der Waals surface area contributed by atoms with Gasteiger partial charge in [-0.05, 0) is 0 Å². The van der Waals surface area contributed by atoms with Crippen LogP contribution in [0.5, 0.6) is 5.75 Å². The molecular weight excluding hydrogens is 290 g/mol. The van der Waals surface area contributed by atoms with Crippen LogP contribution in [0.4, 0.5) is 0 Å². The third-order valence-electron chi connectivity index (χ3n) is 1.86. The van der Waals surface area contributed by atoms with Crippen molar-refractivity contribution in [2.75, 3.05) is 7.11 Å². The van der Waals surface area contributed by atoms with Crippen molar-refractivity contribution in [2.24, 2.45) is 0 Å². The Hall–Kier alpha value is 1.28. The number of methoxy groups -OCH3 is 1. The van der Waals surface area contributed by atoms with E-state index in [1.807, 2.05) is 34.1 Å². The van der Waals surface area contributed by atoms with Crippen LogP contribution >= 0.6 is 56.9 Å². The molecule has 1 heterocycles. The third kappa shape index (κ3) is 2.34. The molecule has 0 aromatic heterocycles. The molecule has 0 atom stereocenters. The van der Waals surface area contributed by atoms with Crippen LogP contribution in [0.3, 0.4) is 0 Å². The second-order valence-electron chi connectivity index (χ2n) is 2.73. The normalized spacial score (nSPS) is 26.4. The summed E-state index contributed by atoms with van der Waals surface area (Å²) in [5.74, 6) is 0.905. The van der Waals surface area contributed by atoms with Crippen molar-refractivity contribution in [3.8, 4) is 5.75 Å². The van der Waals surface area contributed by atoms with Crippen LogP contribution in [0.15, 0.2) is 24.3 Å². The van der Waals surface area contributed by atoms with Gasteiger partial charge in [0.15, 0.2) is 0 Å². The van der Waals surface area contributed by atoms with E-state index in [1.54, 1.807) is 7.11 Å². The van der Waals surface area contributed by atoms with E-state index in [0.717, 1.165) is 5.75 Å². The summed E-state index contributed by atoms with van der Waals surface area (Å²) >= 11 is 13.1. The number of ether oxygens (including phenoxy) is 1. The van der Waals surface area contributed by atoms with Gasteiger partial charge < -0.3 is 0 Å². The van der Waals surface area contributed by atoms with Gasteiger partial charge in [-0.3, -0.25) is 0 Å². The van der Waals surface area contributed by atoms with Gasteiger partial charge in [0.1, 0.15) is 0 Å². The Kier molecular flexibility index (Phi) is 3.90. The van der Waals surface area contributed by atoms with Gasteiger partial charge >= 0.3 is 104 Å². The minimum absolute atomic E-state index is 0.159. The molecule has 1 aliphatic rings. The molecule has 0 N–H and O–H groups in total. The summed E-state index contributed by atoms with van der Waals surface area (Å²) in [6, 6.07) is 8.24. The van der Waals surface area contributed by atoms with Crippen LogP contribution in [0, 0.1) is 0 Å². The van der Waals surface area contributed by atoms with Crippen molar-refractivity contribution in [2.45, 2.75) is 0 Å². The minimum atomic E-state index is -1.55. The summed E-state index contributed by atoms with van der Waals surface area (Å²) in [5.41, 5.74) is -0.159. The molecule has 1 saturated heterocycles. The Bertz CT molecular complexity index is 325. The summed E-state index contributed by atoms with van der Waals surface area (Å²) in [6.45, 7) is 0. The van der Waals surface area contributed by atoms with E-state index in [-0.39, 0.29) is 5.53 Å². The molecule has 0 spiro atoms. The van der Waals surface area contributed by atoms with Crippen LogP contribution in [0.2, 0.25) is 0 Å². The summed E-state index contributed by atoms with van der Waals surface area (Å²) in [7, 11) is 1.68. The first-order valence-corrected chi connectivity index (χ1v) is 14.0. The fourth-order valence-electron chi connectivity index (χ4n) is 1.13. The molecule has 1 aromatic rings. The first kappa shape index (κ1) is 11.8. The van der Waals surface area contributed by atoms with Crippen molar-refractivity contribution >= 4 is 62.2 Å². The number of hydrogen-bond donors (Lipinski definition) is 2. The fourth-order valence-corrected chi connectivity index (χ4v) is 39.9. The molecule has 78 valence electrons. The van der Waals surface area contributed by atoms with Crippen LogP contribution in [-0.2, 0) is 0 Å². The van der Waals surface area contributed by atoms with Gasteiger partial charge in [-0.1, -0.05) is 0 Å². The van der Waals surface area contributed by atoms with Gasteiger partial charge in [0.05, 0.1) is 0 Å². The Balaban J connectivity index is 2.17. The summed E-state index contributed by atoms with van der Waals surface area (Å²) in [4.78, 5) is -1.55. The van der Waals surface area contributed by atoms with Gasteiger partial charge in [-0.15, -0.1) is 0 Å². The Morgan fingerprint density at radius 1 is 1.29 bits per heavy atom. The molecule has 1 aromatic carbocycles. The van der Waals surface area contributed by atoms with E-state index in [4.69, 9.17) is 17.0 Å². The molecule has 2 rings (SSSR count). The Labute approximate surface area is 104 Å². The first-order chi connectivity index (χ1) is 6.64. The SMILES string of the molecule is COc1ccc([PH]2(S)SP(S)S2)cc1. The first-order valence-electron chi connectivity index (χ1n) is 3.88. The van der Waals surface area contributed by atoms with Crippen molar-refractivity contribution < 1.29 is 4.74 Å². The summed E-state index contributed by atoms with van der Waals surface area (Å²) < 4.78 is 5.12. The third-order valence-corrected chi connectivity index (χ3v) is 32.5. The molecule has 0 saturated carbocycles. The van der Waals surface area contributed by atoms with E-state index >= 15 is 0 Å². The van der Waals surface area contributed by atoms with E-state index in [2.05, 4.69) is 24.4 Å². The Morgan fingerprint density at radius 3 is 2.29 bits per heavy atom. The number of thiol groups is 2. The maximum atomic E-state index is 5.12. The summed E-state index contributed by atoms with van der Waals surface area (Å²) in [5, 5.41) is 1.35. The van der Waals surface area contributed by atoms with Crippen molar-refractivity contribution in [1.82, 2.24) is 0 Å². The molecule has 1 aliphatic heterocycles. The number of hydrogen-bond acceptors (Lipinski definition) is 5. The molecular formula is C7H10OP2S4. The zero-order chi connectivity index (χ0) is 10.2. The molecule has 0 amide bonds. The molecule has 1 nitrogen and oxygen atoms in total.